The van der Waals surface area contributed by atoms with E-state index in [0.717, 1.165) is 0 Å². The number of rotatable bonds is 2. The summed E-state index contributed by atoms with van der Waals surface area (Å²) < 4.78 is 0. The van der Waals surface area contributed by atoms with Gasteiger partial charge in [0.2, 0.25) is 0 Å². The summed E-state index contributed by atoms with van der Waals surface area (Å²) in [5.41, 5.74) is 0.142. The van der Waals surface area contributed by atoms with Crippen LogP contribution in [0.3, 0.4) is 0 Å². The number of carboxylic acid groups (broad SMARTS) is 1. The third-order valence-electron chi connectivity index (χ3n) is 3.23. The maximum atomic E-state index is 11.2. The van der Waals surface area contributed by atoms with Gasteiger partial charge in [-0.05, 0) is 24.5 Å². The van der Waals surface area contributed by atoms with Crippen molar-refractivity contribution in [1.82, 2.24) is 4.98 Å². The van der Waals surface area contributed by atoms with Crippen molar-refractivity contribution in [2.45, 2.75) is 19.4 Å². The van der Waals surface area contributed by atoms with Crippen LogP contribution in [0, 0.1) is 5.92 Å². The lowest BCUT2D eigenvalue weighted by Crippen LogP contribution is -2.43. The molecular weight excluding hydrogens is 256 g/mol. The molecule has 0 saturated carbocycles. The number of hydrogen-bond donors (Lipinski definition) is 2. The quantitative estimate of drug-likeness (QED) is 0.799. The van der Waals surface area contributed by atoms with Crippen LogP contribution >= 0.6 is 11.6 Å². The van der Waals surface area contributed by atoms with E-state index in [-0.39, 0.29) is 22.7 Å². The van der Waals surface area contributed by atoms with Crippen LogP contribution in [-0.2, 0) is 0 Å². The lowest BCUT2D eigenvalue weighted by molar-refractivity contribution is 0.0696. The van der Waals surface area contributed by atoms with Gasteiger partial charge in [0.25, 0.3) is 0 Å². The Labute approximate surface area is 110 Å². The van der Waals surface area contributed by atoms with Crippen LogP contribution in [0.4, 0.5) is 5.82 Å². The van der Waals surface area contributed by atoms with Gasteiger partial charge >= 0.3 is 5.97 Å². The highest BCUT2D eigenvalue weighted by Gasteiger charge is 2.27. The molecule has 2 heterocycles. The lowest BCUT2D eigenvalue weighted by atomic mass is 9.96. The molecule has 1 saturated heterocycles. The van der Waals surface area contributed by atoms with Crippen LogP contribution in [0.25, 0.3) is 0 Å². The highest BCUT2D eigenvalue weighted by Crippen LogP contribution is 2.26. The Morgan fingerprint density at radius 1 is 1.56 bits per heavy atom. The second-order valence-corrected chi connectivity index (χ2v) is 4.98. The molecule has 0 spiro atoms. The zero-order chi connectivity index (χ0) is 13.3. The predicted octanol–water partition coefficient (Wildman–Crippen LogP) is 1.64. The molecule has 0 aliphatic carbocycles. The number of aliphatic hydroxyl groups is 1. The van der Waals surface area contributed by atoms with Gasteiger partial charge in [-0.1, -0.05) is 18.5 Å². The van der Waals surface area contributed by atoms with E-state index < -0.39 is 5.97 Å². The molecule has 2 unspecified atom stereocenters. The van der Waals surface area contributed by atoms with Crippen molar-refractivity contribution in [3.05, 3.63) is 22.8 Å². The fourth-order valence-corrected chi connectivity index (χ4v) is 2.30. The number of anilines is 1. The van der Waals surface area contributed by atoms with Gasteiger partial charge in [0.15, 0.2) is 0 Å². The van der Waals surface area contributed by atoms with Gasteiger partial charge in [0.05, 0.1) is 6.10 Å². The molecule has 5 nitrogen and oxygen atoms in total. The number of carboxylic acids is 1. The molecule has 1 fully saturated rings. The van der Waals surface area contributed by atoms with E-state index >= 15 is 0 Å². The number of aromatic nitrogens is 1. The van der Waals surface area contributed by atoms with Crippen LogP contribution in [-0.4, -0.2) is 40.4 Å². The Balaban J connectivity index is 2.32. The molecule has 98 valence electrons. The van der Waals surface area contributed by atoms with Crippen molar-refractivity contribution in [3.63, 3.8) is 0 Å². The van der Waals surface area contributed by atoms with Gasteiger partial charge in [-0.15, -0.1) is 0 Å². The smallest absolute Gasteiger partial charge is 0.339 e. The average Bonchev–Trinajstić information content (AvgIpc) is 2.32. The van der Waals surface area contributed by atoms with E-state index in [1.54, 1.807) is 0 Å². The number of hydrogen-bond acceptors (Lipinski definition) is 4. The second-order valence-electron chi connectivity index (χ2n) is 4.59. The van der Waals surface area contributed by atoms with Crippen LogP contribution in [0.15, 0.2) is 12.1 Å². The fraction of sp³-hybridized carbons (Fsp3) is 0.500. The maximum Gasteiger partial charge on any atom is 0.339 e. The van der Waals surface area contributed by atoms with Crippen LogP contribution in [0.5, 0.6) is 0 Å². The minimum atomic E-state index is -1.02. The molecule has 2 rings (SSSR count). The summed E-state index contributed by atoms with van der Waals surface area (Å²) >= 11 is 5.83. The number of halogens is 1. The summed E-state index contributed by atoms with van der Waals surface area (Å²) in [6.45, 7) is 3.09. The summed E-state index contributed by atoms with van der Waals surface area (Å²) in [4.78, 5) is 17.1. The van der Waals surface area contributed by atoms with Crippen LogP contribution < -0.4 is 4.90 Å². The van der Waals surface area contributed by atoms with E-state index in [4.69, 9.17) is 16.7 Å². The molecule has 1 aliphatic rings. The maximum absolute atomic E-state index is 11.2. The lowest BCUT2D eigenvalue weighted by Gasteiger charge is -2.35. The fourth-order valence-electron chi connectivity index (χ4n) is 2.16. The van der Waals surface area contributed by atoms with Crippen LogP contribution in [0.2, 0.25) is 5.15 Å². The molecule has 0 amide bonds. The Morgan fingerprint density at radius 3 is 2.89 bits per heavy atom. The van der Waals surface area contributed by atoms with Crippen molar-refractivity contribution in [2.24, 2.45) is 5.92 Å². The number of aliphatic hydroxyl groups excluding tert-OH is 1. The van der Waals surface area contributed by atoms with Crippen molar-refractivity contribution in [2.75, 3.05) is 18.0 Å². The normalized spacial score (nSPS) is 24.1. The van der Waals surface area contributed by atoms with E-state index in [9.17, 15) is 9.90 Å². The average molecular weight is 271 g/mol. The number of carbonyl (C=O) groups is 1. The second kappa shape index (κ2) is 5.12. The summed E-state index contributed by atoms with van der Waals surface area (Å²) in [5.74, 6) is -0.553. The number of piperidine rings is 1. The van der Waals surface area contributed by atoms with Crippen molar-refractivity contribution in [3.8, 4) is 0 Å². The Kier molecular flexibility index (Phi) is 3.73. The van der Waals surface area contributed by atoms with E-state index in [1.165, 1.54) is 12.1 Å². The Hall–Kier alpha value is -1.33. The van der Waals surface area contributed by atoms with E-state index in [0.29, 0.717) is 25.3 Å². The first-order valence-corrected chi connectivity index (χ1v) is 6.19. The molecule has 0 radical (unpaired) electrons. The molecule has 0 aromatic carbocycles. The zero-order valence-electron chi connectivity index (χ0n) is 10.0. The minimum Gasteiger partial charge on any atom is -0.478 e. The van der Waals surface area contributed by atoms with E-state index in [1.807, 2.05) is 11.8 Å². The number of nitrogens with zero attached hydrogens (tertiary/aromatic N) is 2. The zero-order valence-corrected chi connectivity index (χ0v) is 10.8. The standard InChI is InChI=1S/C12H15ClN2O3/c1-7-6-15(5-4-9(7)16)11-8(12(17)18)2-3-10(13)14-11/h2-3,7,9,16H,4-6H2,1H3,(H,17,18). The van der Waals surface area contributed by atoms with Crippen molar-refractivity contribution >= 4 is 23.4 Å². The molecule has 1 aromatic rings. The number of pyridine rings is 1. The van der Waals surface area contributed by atoms with Crippen molar-refractivity contribution in [1.29, 1.82) is 0 Å². The third kappa shape index (κ3) is 2.57. The molecule has 6 heteroatoms. The summed E-state index contributed by atoms with van der Waals surface area (Å²) in [6.07, 6.45) is 0.266. The molecule has 1 aliphatic heterocycles. The molecule has 1 aromatic heterocycles. The van der Waals surface area contributed by atoms with Gasteiger partial charge in [-0.25, -0.2) is 9.78 Å². The molecular formula is C12H15ClN2O3. The topological polar surface area (TPSA) is 73.7 Å². The Morgan fingerprint density at radius 2 is 2.28 bits per heavy atom. The summed E-state index contributed by atoms with van der Waals surface area (Å²) in [5, 5.41) is 19.1. The van der Waals surface area contributed by atoms with Gasteiger partial charge in [-0.2, -0.15) is 0 Å². The minimum absolute atomic E-state index is 0.0844. The van der Waals surface area contributed by atoms with Gasteiger partial charge in [0, 0.05) is 13.1 Å². The van der Waals surface area contributed by atoms with Crippen LogP contribution in [0.1, 0.15) is 23.7 Å². The summed E-state index contributed by atoms with van der Waals surface area (Å²) in [6, 6.07) is 2.93. The first kappa shape index (κ1) is 13.1. The molecule has 2 N–H and O–H groups in total. The highest BCUT2D eigenvalue weighted by atomic mass is 35.5. The molecule has 18 heavy (non-hydrogen) atoms. The van der Waals surface area contributed by atoms with E-state index in [2.05, 4.69) is 4.98 Å². The summed E-state index contributed by atoms with van der Waals surface area (Å²) in [7, 11) is 0. The van der Waals surface area contributed by atoms with Gasteiger partial charge < -0.3 is 15.1 Å². The monoisotopic (exact) mass is 270 g/mol. The van der Waals surface area contributed by atoms with Gasteiger partial charge in [0.1, 0.15) is 16.5 Å². The van der Waals surface area contributed by atoms with Crippen molar-refractivity contribution < 1.29 is 15.0 Å². The molecule has 2 atom stereocenters. The predicted molar refractivity (Wildman–Crippen MR) is 68.2 cm³/mol. The first-order chi connectivity index (χ1) is 8.49. The Bertz CT molecular complexity index is 467. The third-order valence-corrected chi connectivity index (χ3v) is 3.44. The van der Waals surface area contributed by atoms with Gasteiger partial charge in [-0.3, -0.25) is 0 Å². The molecule has 0 bridgehead atoms. The SMILES string of the molecule is CC1CN(c2nc(Cl)ccc2C(=O)O)CCC1O. The largest absolute Gasteiger partial charge is 0.478 e. The number of aromatic carboxylic acids is 1. The highest BCUT2D eigenvalue weighted by molar-refractivity contribution is 6.29. The first-order valence-electron chi connectivity index (χ1n) is 5.82.